The van der Waals surface area contributed by atoms with Crippen molar-refractivity contribution in [3.05, 3.63) is 59.7 Å². The second-order valence-electron chi connectivity index (χ2n) is 5.71. The maximum Gasteiger partial charge on any atom is 0.255 e. The van der Waals surface area contributed by atoms with Crippen molar-refractivity contribution in [1.82, 2.24) is 4.72 Å². The number of nitrogens with zero attached hydrogens (tertiary/aromatic N) is 1. The summed E-state index contributed by atoms with van der Waals surface area (Å²) < 4.78 is 26.4. The highest BCUT2D eigenvalue weighted by Gasteiger charge is 2.15. The third-order valence-electron chi connectivity index (χ3n) is 3.49. The van der Waals surface area contributed by atoms with E-state index in [1.165, 1.54) is 31.2 Å². The van der Waals surface area contributed by atoms with E-state index in [0.717, 1.165) is 5.56 Å². The van der Waals surface area contributed by atoms with Gasteiger partial charge in [0.15, 0.2) is 0 Å². The first-order valence-corrected chi connectivity index (χ1v) is 9.35. The Hall–Kier alpha value is -2.73. The third-order valence-corrected chi connectivity index (χ3v) is 4.93. The molecule has 0 radical (unpaired) electrons. The van der Waals surface area contributed by atoms with Gasteiger partial charge >= 0.3 is 0 Å². The summed E-state index contributed by atoms with van der Waals surface area (Å²) in [6.45, 7) is 1.38. The normalized spacial score (nSPS) is 12.2. The Morgan fingerprint density at radius 2 is 1.77 bits per heavy atom. The molecule has 0 saturated carbocycles. The van der Waals surface area contributed by atoms with E-state index < -0.39 is 16.1 Å². The molecule has 26 heavy (non-hydrogen) atoms. The lowest BCUT2D eigenvalue weighted by molar-refractivity contribution is 0.102. The van der Waals surface area contributed by atoms with E-state index in [0.29, 0.717) is 17.7 Å². The van der Waals surface area contributed by atoms with Crippen LogP contribution in [0.25, 0.3) is 0 Å². The van der Waals surface area contributed by atoms with E-state index in [4.69, 9.17) is 5.26 Å². The van der Waals surface area contributed by atoms with Crippen molar-refractivity contribution >= 4 is 21.6 Å². The van der Waals surface area contributed by atoms with Gasteiger partial charge in [-0.1, -0.05) is 12.1 Å². The molecule has 0 saturated heterocycles. The highest BCUT2D eigenvalue weighted by molar-refractivity contribution is 7.89. The molecule has 1 atom stereocenters. The van der Waals surface area contributed by atoms with Crippen LogP contribution in [0.5, 0.6) is 0 Å². The number of rotatable bonds is 7. The minimum Gasteiger partial charge on any atom is -0.392 e. The molecule has 0 aliphatic heterocycles. The van der Waals surface area contributed by atoms with Crippen molar-refractivity contribution in [3.8, 4) is 6.07 Å². The van der Waals surface area contributed by atoms with Gasteiger partial charge in [-0.05, 0) is 48.9 Å². The summed E-state index contributed by atoms with van der Waals surface area (Å²) in [6, 6.07) is 14.4. The van der Waals surface area contributed by atoms with Gasteiger partial charge in [-0.25, -0.2) is 13.1 Å². The fourth-order valence-electron chi connectivity index (χ4n) is 2.10. The number of sulfonamides is 1. The van der Waals surface area contributed by atoms with E-state index >= 15 is 0 Å². The average molecular weight is 373 g/mol. The van der Waals surface area contributed by atoms with Crippen molar-refractivity contribution in [2.24, 2.45) is 0 Å². The molecule has 0 fully saturated rings. The van der Waals surface area contributed by atoms with Crippen molar-refractivity contribution in [2.45, 2.75) is 24.3 Å². The van der Waals surface area contributed by atoms with Crippen LogP contribution < -0.4 is 10.0 Å². The van der Waals surface area contributed by atoms with Crippen LogP contribution in [0, 0.1) is 11.3 Å². The predicted octanol–water partition coefficient (Wildman–Crippen LogP) is 1.66. The number of amides is 1. The first-order chi connectivity index (χ1) is 12.3. The number of hydrogen-bond donors (Lipinski definition) is 3. The highest BCUT2D eigenvalue weighted by atomic mass is 32.2. The number of hydrogen-bond acceptors (Lipinski definition) is 5. The van der Waals surface area contributed by atoms with Crippen LogP contribution >= 0.6 is 0 Å². The van der Waals surface area contributed by atoms with Crippen LogP contribution in [-0.4, -0.2) is 32.1 Å². The van der Waals surface area contributed by atoms with Gasteiger partial charge in [-0.15, -0.1) is 0 Å². The molecule has 2 rings (SSSR count). The molecule has 1 unspecified atom stereocenters. The molecule has 136 valence electrons. The maximum absolute atomic E-state index is 12.2. The summed E-state index contributed by atoms with van der Waals surface area (Å²) in [5.41, 5.74) is 1.73. The second kappa shape index (κ2) is 8.58. The molecule has 0 heterocycles. The Labute approximate surface area is 152 Å². The molecule has 2 aromatic carbocycles. The number of carbonyl (C=O) groups is 1. The SMILES string of the molecule is CC(O)CNS(=O)(=O)c1ccc(C(=O)Nc2ccc(CC#N)cc2)cc1. The Kier molecular flexibility index (Phi) is 6.46. The van der Waals surface area contributed by atoms with E-state index in [1.54, 1.807) is 24.3 Å². The fourth-order valence-corrected chi connectivity index (χ4v) is 3.22. The number of benzene rings is 2. The van der Waals surface area contributed by atoms with Crippen molar-refractivity contribution in [3.63, 3.8) is 0 Å². The Bertz CT molecular complexity index is 899. The van der Waals surface area contributed by atoms with Crippen LogP contribution in [0.15, 0.2) is 53.4 Å². The molecular formula is C18H19N3O4S. The van der Waals surface area contributed by atoms with Gasteiger partial charge in [-0.3, -0.25) is 4.79 Å². The molecule has 0 aliphatic rings. The van der Waals surface area contributed by atoms with Gasteiger partial charge in [0, 0.05) is 17.8 Å². The Balaban J connectivity index is 2.05. The number of aliphatic hydroxyl groups is 1. The molecule has 7 nitrogen and oxygen atoms in total. The summed E-state index contributed by atoms with van der Waals surface area (Å²) in [4.78, 5) is 12.2. The van der Waals surface area contributed by atoms with Crippen molar-refractivity contribution in [2.75, 3.05) is 11.9 Å². The van der Waals surface area contributed by atoms with Crippen LogP contribution in [0.3, 0.4) is 0 Å². The third kappa shape index (κ3) is 5.39. The standard InChI is InChI=1S/C18H19N3O4S/c1-13(22)12-20-26(24,25)17-8-4-15(5-9-17)18(23)21-16-6-2-14(3-7-16)10-11-19/h2-9,13,20,22H,10,12H2,1H3,(H,21,23). The zero-order valence-corrected chi connectivity index (χ0v) is 15.0. The van der Waals surface area contributed by atoms with Crippen LogP contribution in [0.2, 0.25) is 0 Å². The number of nitrogens with one attached hydrogen (secondary N) is 2. The van der Waals surface area contributed by atoms with Crippen molar-refractivity contribution in [1.29, 1.82) is 5.26 Å². The molecule has 0 aromatic heterocycles. The minimum atomic E-state index is -3.73. The topological polar surface area (TPSA) is 119 Å². The monoisotopic (exact) mass is 373 g/mol. The first-order valence-electron chi connectivity index (χ1n) is 7.87. The number of nitriles is 1. The van der Waals surface area contributed by atoms with E-state index in [9.17, 15) is 18.3 Å². The molecule has 8 heteroatoms. The molecule has 1 amide bonds. The lowest BCUT2D eigenvalue weighted by Crippen LogP contribution is -2.30. The summed E-state index contributed by atoms with van der Waals surface area (Å²) in [5, 5.41) is 20.5. The van der Waals surface area contributed by atoms with E-state index in [2.05, 4.69) is 10.0 Å². The smallest absolute Gasteiger partial charge is 0.255 e. The van der Waals surface area contributed by atoms with Gasteiger partial charge < -0.3 is 10.4 Å². The number of anilines is 1. The lowest BCUT2D eigenvalue weighted by atomic mass is 10.1. The largest absolute Gasteiger partial charge is 0.392 e. The van der Waals surface area contributed by atoms with Gasteiger partial charge in [0.1, 0.15) is 0 Å². The molecule has 2 aromatic rings. The molecule has 0 aliphatic carbocycles. The lowest BCUT2D eigenvalue weighted by Gasteiger charge is -2.09. The molecule has 3 N–H and O–H groups in total. The maximum atomic E-state index is 12.2. The van der Waals surface area contributed by atoms with Gasteiger partial charge in [0.2, 0.25) is 10.0 Å². The Morgan fingerprint density at radius 3 is 2.31 bits per heavy atom. The highest BCUT2D eigenvalue weighted by Crippen LogP contribution is 2.14. The van der Waals surface area contributed by atoms with Crippen LogP contribution in [0.4, 0.5) is 5.69 Å². The summed E-state index contributed by atoms with van der Waals surface area (Å²) >= 11 is 0. The molecule has 0 spiro atoms. The number of carbonyl (C=O) groups excluding carboxylic acids is 1. The zero-order valence-electron chi connectivity index (χ0n) is 14.1. The van der Waals surface area contributed by atoms with Gasteiger partial charge in [-0.2, -0.15) is 5.26 Å². The minimum absolute atomic E-state index is 0.00977. The second-order valence-corrected chi connectivity index (χ2v) is 7.48. The summed E-state index contributed by atoms with van der Waals surface area (Å²) in [6.07, 6.45) is -0.498. The fraction of sp³-hybridized carbons (Fsp3) is 0.222. The average Bonchev–Trinajstić information content (AvgIpc) is 2.62. The summed E-state index contributed by atoms with van der Waals surface area (Å²) in [5.74, 6) is -0.376. The van der Waals surface area contributed by atoms with Crippen molar-refractivity contribution < 1.29 is 18.3 Å². The first kappa shape index (κ1) is 19.6. The zero-order chi connectivity index (χ0) is 19.2. The number of aliphatic hydroxyl groups excluding tert-OH is 1. The van der Waals surface area contributed by atoms with Gasteiger partial charge in [0.05, 0.1) is 23.5 Å². The van der Waals surface area contributed by atoms with E-state index in [-0.39, 0.29) is 17.3 Å². The molecule has 0 bridgehead atoms. The van der Waals surface area contributed by atoms with Crippen LogP contribution in [0.1, 0.15) is 22.8 Å². The summed E-state index contributed by atoms with van der Waals surface area (Å²) in [7, 11) is -3.73. The predicted molar refractivity (Wildman–Crippen MR) is 97.0 cm³/mol. The quantitative estimate of drug-likeness (QED) is 0.682. The van der Waals surface area contributed by atoms with E-state index in [1.807, 2.05) is 6.07 Å². The van der Waals surface area contributed by atoms with Gasteiger partial charge in [0.25, 0.3) is 5.91 Å². The van der Waals surface area contributed by atoms with Crippen LogP contribution in [-0.2, 0) is 16.4 Å². The Morgan fingerprint density at radius 1 is 1.15 bits per heavy atom. The molecular weight excluding hydrogens is 354 g/mol.